The summed E-state index contributed by atoms with van der Waals surface area (Å²) in [5.41, 5.74) is 7.30. The molecule has 6 heteroatoms. The fourth-order valence-electron chi connectivity index (χ4n) is 1.98. The number of rotatable bonds is 5. The monoisotopic (exact) mass is 265 g/mol. The molecule has 2 rings (SSSR count). The Bertz CT molecular complexity index is 451. The van der Waals surface area contributed by atoms with Crippen LogP contribution in [0.4, 0.5) is 11.4 Å². The summed E-state index contributed by atoms with van der Waals surface area (Å²) in [5.74, 6) is 0.734. The minimum absolute atomic E-state index is 0.0349. The molecule has 1 aliphatic rings. The highest BCUT2D eigenvalue weighted by atomic mass is 16.5. The smallest absolute Gasteiger partial charge is 0.239 e. The van der Waals surface area contributed by atoms with Gasteiger partial charge < -0.3 is 25.4 Å². The summed E-state index contributed by atoms with van der Waals surface area (Å²) < 4.78 is 10.4. The minimum atomic E-state index is -0.0349. The van der Waals surface area contributed by atoms with Crippen molar-refractivity contribution in [2.75, 3.05) is 50.6 Å². The Morgan fingerprint density at radius 1 is 1.58 bits per heavy atom. The van der Waals surface area contributed by atoms with Crippen molar-refractivity contribution in [3.8, 4) is 5.75 Å². The molecule has 19 heavy (non-hydrogen) atoms. The molecule has 1 aromatic carbocycles. The molecule has 0 spiro atoms. The van der Waals surface area contributed by atoms with Crippen LogP contribution >= 0.6 is 0 Å². The fourth-order valence-corrected chi connectivity index (χ4v) is 1.98. The number of carbonyl (C=O) groups excluding carboxylic acids is 1. The number of benzene rings is 1. The molecular weight excluding hydrogens is 246 g/mol. The third-order valence-electron chi connectivity index (χ3n) is 2.91. The molecule has 0 fully saturated rings. The first kappa shape index (κ1) is 13.5. The molecule has 1 aromatic rings. The van der Waals surface area contributed by atoms with Gasteiger partial charge in [0.05, 0.1) is 25.4 Å². The Morgan fingerprint density at radius 3 is 3.21 bits per heavy atom. The van der Waals surface area contributed by atoms with Crippen LogP contribution in [-0.4, -0.2) is 45.9 Å². The van der Waals surface area contributed by atoms with Crippen LogP contribution in [0.25, 0.3) is 0 Å². The molecule has 0 atom stereocenters. The fraction of sp³-hybridized carbons (Fsp3) is 0.462. The molecule has 1 amide bonds. The zero-order valence-electron chi connectivity index (χ0n) is 11.0. The zero-order chi connectivity index (χ0) is 13.7. The first-order valence-electron chi connectivity index (χ1n) is 6.23. The maximum atomic E-state index is 11.8. The van der Waals surface area contributed by atoms with Crippen molar-refractivity contribution in [1.29, 1.82) is 0 Å². The average molecular weight is 265 g/mol. The topological polar surface area (TPSA) is 76.8 Å². The van der Waals surface area contributed by atoms with E-state index in [-0.39, 0.29) is 5.91 Å². The number of anilines is 2. The lowest BCUT2D eigenvalue weighted by atomic mass is 10.2. The Balaban J connectivity index is 1.99. The Morgan fingerprint density at radius 2 is 2.42 bits per heavy atom. The molecule has 104 valence electrons. The van der Waals surface area contributed by atoms with Crippen molar-refractivity contribution in [3.05, 3.63) is 18.2 Å². The Labute approximate surface area is 112 Å². The third kappa shape index (κ3) is 3.51. The second-order valence-electron chi connectivity index (χ2n) is 4.34. The minimum Gasteiger partial charge on any atom is -0.490 e. The second-order valence-corrected chi connectivity index (χ2v) is 4.34. The molecule has 0 unspecified atom stereocenters. The molecular formula is C13H19N3O3. The number of nitrogens with one attached hydrogen (secondary N) is 1. The van der Waals surface area contributed by atoms with Crippen molar-refractivity contribution >= 4 is 17.3 Å². The van der Waals surface area contributed by atoms with Gasteiger partial charge in [-0.25, -0.2) is 0 Å². The molecule has 1 heterocycles. The number of nitrogens with two attached hydrogens (primary N) is 1. The molecule has 0 radical (unpaired) electrons. The highest BCUT2D eigenvalue weighted by Gasteiger charge is 2.20. The van der Waals surface area contributed by atoms with E-state index in [1.165, 1.54) is 0 Å². The number of hydrogen-bond donors (Lipinski definition) is 2. The second kappa shape index (κ2) is 6.29. The molecule has 3 N–H and O–H groups in total. The Kier molecular flexibility index (Phi) is 4.46. The summed E-state index contributed by atoms with van der Waals surface area (Å²) in [7, 11) is 1.60. The predicted octanol–water partition coefficient (Wildman–Crippen LogP) is 0.230. The normalized spacial score (nSPS) is 13.6. The summed E-state index contributed by atoms with van der Waals surface area (Å²) in [5, 5.41) is 2.80. The van der Waals surface area contributed by atoms with E-state index in [4.69, 9.17) is 15.2 Å². The first-order valence-corrected chi connectivity index (χ1v) is 6.23. The van der Waals surface area contributed by atoms with Gasteiger partial charge in [0.1, 0.15) is 12.4 Å². The largest absolute Gasteiger partial charge is 0.490 e. The molecule has 0 saturated carbocycles. The average Bonchev–Trinajstić information content (AvgIpc) is 2.40. The highest BCUT2D eigenvalue weighted by molar-refractivity contribution is 5.82. The number of ether oxygens (including phenoxy) is 2. The zero-order valence-corrected chi connectivity index (χ0v) is 11.0. The number of fused-ring (bicyclic) bond motifs is 1. The number of hydrogen-bond acceptors (Lipinski definition) is 5. The van der Waals surface area contributed by atoms with Crippen molar-refractivity contribution < 1.29 is 14.3 Å². The molecule has 0 saturated heterocycles. The van der Waals surface area contributed by atoms with E-state index >= 15 is 0 Å². The van der Waals surface area contributed by atoms with Gasteiger partial charge in [0.2, 0.25) is 5.91 Å². The lowest BCUT2D eigenvalue weighted by Gasteiger charge is -2.30. The van der Waals surface area contributed by atoms with Crippen LogP contribution < -0.4 is 20.7 Å². The van der Waals surface area contributed by atoms with Crippen LogP contribution in [0, 0.1) is 0 Å². The van der Waals surface area contributed by atoms with Crippen LogP contribution in [0.2, 0.25) is 0 Å². The quantitative estimate of drug-likeness (QED) is 0.589. The van der Waals surface area contributed by atoms with E-state index in [0.29, 0.717) is 38.5 Å². The molecule has 6 nitrogen and oxygen atoms in total. The van der Waals surface area contributed by atoms with Crippen molar-refractivity contribution in [2.24, 2.45) is 0 Å². The van der Waals surface area contributed by atoms with Gasteiger partial charge in [-0.15, -0.1) is 0 Å². The molecule has 0 aromatic heterocycles. The Hall–Kier alpha value is -1.95. The number of nitrogens with zero attached hydrogens (tertiary/aromatic N) is 1. The van der Waals surface area contributed by atoms with Crippen LogP contribution in [-0.2, 0) is 9.53 Å². The van der Waals surface area contributed by atoms with Gasteiger partial charge in [-0.3, -0.25) is 4.79 Å². The first-order chi connectivity index (χ1) is 9.20. The molecule has 1 aliphatic heterocycles. The van der Waals surface area contributed by atoms with Crippen molar-refractivity contribution in [1.82, 2.24) is 5.32 Å². The van der Waals surface area contributed by atoms with Crippen LogP contribution in [0.1, 0.15) is 0 Å². The van der Waals surface area contributed by atoms with Crippen LogP contribution in [0.3, 0.4) is 0 Å². The SMILES string of the molecule is COCCNC(=O)CN1CCOc2ccc(N)cc21. The van der Waals surface area contributed by atoms with Gasteiger partial charge in [-0.2, -0.15) is 0 Å². The van der Waals surface area contributed by atoms with Gasteiger partial charge in [-0.05, 0) is 18.2 Å². The van der Waals surface area contributed by atoms with Gasteiger partial charge in [-0.1, -0.05) is 0 Å². The summed E-state index contributed by atoms with van der Waals surface area (Å²) in [6.45, 7) is 2.57. The summed E-state index contributed by atoms with van der Waals surface area (Å²) in [4.78, 5) is 13.8. The highest BCUT2D eigenvalue weighted by Crippen LogP contribution is 2.32. The van der Waals surface area contributed by atoms with Gasteiger partial charge in [0.15, 0.2) is 0 Å². The van der Waals surface area contributed by atoms with E-state index in [1.807, 2.05) is 17.0 Å². The van der Waals surface area contributed by atoms with Crippen LogP contribution in [0.15, 0.2) is 18.2 Å². The van der Waals surface area contributed by atoms with Crippen molar-refractivity contribution in [2.45, 2.75) is 0 Å². The number of carbonyl (C=O) groups is 1. The van der Waals surface area contributed by atoms with E-state index in [0.717, 1.165) is 11.4 Å². The van der Waals surface area contributed by atoms with E-state index in [1.54, 1.807) is 13.2 Å². The van der Waals surface area contributed by atoms with E-state index < -0.39 is 0 Å². The number of nitrogen functional groups attached to an aromatic ring is 1. The van der Waals surface area contributed by atoms with Crippen LogP contribution in [0.5, 0.6) is 5.75 Å². The van der Waals surface area contributed by atoms with E-state index in [9.17, 15) is 4.79 Å². The lowest BCUT2D eigenvalue weighted by molar-refractivity contribution is -0.120. The molecule has 0 aliphatic carbocycles. The van der Waals surface area contributed by atoms with Crippen molar-refractivity contribution in [3.63, 3.8) is 0 Å². The maximum absolute atomic E-state index is 11.8. The lowest BCUT2D eigenvalue weighted by Crippen LogP contribution is -2.42. The third-order valence-corrected chi connectivity index (χ3v) is 2.91. The maximum Gasteiger partial charge on any atom is 0.239 e. The van der Waals surface area contributed by atoms with Gasteiger partial charge in [0, 0.05) is 19.3 Å². The van der Waals surface area contributed by atoms with Gasteiger partial charge in [0.25, 0.3) is 0 Å². The standard InChI is InChI=1S/C13H19N3O3/c1-18-6-4-15-13(17)9-16-5-7-19-12-3-2-10(14)8-11(12)16/h2-3,8H,4-7,9,14H2,1H3,(H,15,17). The summed E-state index contributed by atoms with van der Waals surface area (Å²) in [6.07, 6.45) is 0. The van der Waals surface area contributed by atoms with E-state index in [2.05, 4.69) is 5.32 Å². The summed E-state index contributed by atoms with van der Waals surface area (Å²) >= 11 is 0. The summed E-state index contributed by atoms with van der Waals surface area (Å²) in [6, 6.07) is 5.46. The van der Waals surface area contributed by atoms with Gasteiger partial charge >= 0.3 is 0 Å². The number of methoxy groups -OCH3 is 1. The number of amides is 1. The predicted molar refractivity (Wildman–Crippen MR) is 73.4 cm³/mol. The molecule has 0 bridgehead atoms.